The van der Waals surface area contributed by atoms with Crippen molar-refractivity contribution in [3.8, 4) is 5.75 Å². The van der Waals surface area contributed by atoms with Crippen LogP contribution in [0.15, 0.2) is 23.2 Å². The molecule has 0 N–H and O–H groups in total. The third-order valence-corrected chi connectivity index (χ3v) is 3.09. The van der Waals surface area contributed by atoms with Crippen LogP contribution in [-0.2, 0) is 9.53 Å². The van der Waals surface area contributed by atoms with Crippen molar-refractivity contribution in [2.45, 2.75) is 32.9 Å². The van der Waals surface area contributed by atoms with E-state index in [-0.39, 0.29) is 12.4 Å². The summed E-state index contributed by atoms with van der Waals surface area (Å²) in [5.41, 5.74) is 0.793. The van der Waals surface area contributed by atoms with Gasteiger partial charge in [0, 0.05) is 0 Å². The summed E-state index contributed by atoms with van der Waals surface area (Å²) in [6.45, 7) is 5.78. The zero-order valence-electron chi connectivity index (χ0n) is 11.2. The van der Waals surface area contributed by atoms with E-state index in [2.05, 4.69) is 4.99 Å². The van der Waals surface area contributed by atoms with Crippen LogP contribution < -0.4 is 4.74 Å². The van der Waals surface area contributed by atoms with E-state index in [1.165, 1.54) is 0 Å². The van der Waals surface area contributed by atoms with Gasteiger partial charge in [-0.25, -0.2) is 4.99 Å². The minimum atomic E-state index is -1.01. The predicted octanol–water partition coefficient (Wildman–Crippen LogP) is 3.04. The highest BCUT2D eigenvalue weighted by Crippen LogP contribution is 2.34. The smallest absolute Gasteiger partial charge is 0.311 e. The number of carbonyl (C=O) groups excluding carboxylic acids is 1. The number of carbonyl (C=O) groups is 1. The topological polar surface area (TPSA) is 47.9 Å². The number of ether oxygens (including phenoxy) is 2. The Bertz CT molecular complexity index is 541. The van der Waals surface area contributed by atoms with E-state index in [4.69, 9.17) is 21.1 Å². The van der Waals surface area contributed by atoms with E-state index in [0.717, 1.165) is 11.1 Å². The first-order valence-corrected chi connectivity index (χ1v) is 6.52. The SMILES string of the molecule is CCOC(=O)CC1(C)N=C(Cl)c2ccc(C)cc2O1. The Kier molecular flexibility index (Phi) is 3.80. The molecule has 1 aliphatic rings. The number of nitrogens with zero attached hydrogens (tertiary/aromatic N) is 1. The third kappa shape index (κ3) is 3.07. The van der Waals surface area contributed by atoms with Gasteiger partial charge in [0.25, 0.3) is 0 Å². The van der Waals surface area contributed by atoms with Crippen molar-refractivity contribution in [1.82, 2.24) is 0 Å². The molecule has 0 spiro atoms. The van der Waals surface area contributed by atoms with Crippen molar-refractivity contribution in [1.29, 1.82) is 0 Å². The molecule has 0 aliphatic carbocycles. The van der Waals surface area contributed by atoms with Crippen LogP contribution in [0.3, 0.4) is 0 Å². The van der Waals surface area contributed by atoms with Crippen LogP contribution in [0.4, 0.5) is 0 Å². The lowest BCUT2D eigenvalue weighted by atomic mass is 10.1. The molecule has 5 heteroatoms. The molecule has 1 heterocycles. The van der Waals surface area contributed by atoms with E-state index >= 15 is 0 Å². The predicted molar refractivity (Wildman–Crippen MR) is 73.9 cm³/mol. The van der Waals surface area contributed by atoms with Crippen LogP contribution >= 0.6 is 11.6 Å². The molecule has 1 aliphatic heterocycles. The second-order valence-corrected chi connectivity index (χ2v) is 5.02. The van der Waals surface area contributed by atoms with Crippen LogP contribution in [0.1, 0.15) is 31.4 Å². The highest BCUT2D eigenvalue weighted by Gasteiger charge is 2.35. The molecule has 1 atom stereocenters. The van der Waals surface area contributed by atoms with E-state index in [9.17, 15) is 4.79 Å². The average Bonchev–Trinajstić information content (AvgIpc) is 2.27. The highest BCUT2D eigenvalue weighted by atomic mass is 35.5. The van der Waals surface area contributed by atoms with Gasteiger partial charge in [-0.15, -0.1) is 0 Å². The summed E-state index contributed by atoms with van der Waals surface area (Å²) in [5, 5.41) is 0.355. The average molecular weight is 282 g/mol. The molecular weight excluding hydrogens is 266 g/mol. The van der Waals surface area contributed by atoms with Crippen molar-refractivity contribution in [3.05, 3.63) is 29.3 Å². The quantitative estimate of drug-likeness (QED) is 0.800. The summed E-state index contributed by atoms with van der Waals surface area (Å²) in [6.07, 6.45) is 0.0322. The van der Waals surface area contributed by atoms with Crippen molar-refractivity contribution in [3.63, 3.8) is 0 Å². The lowest BCUT2D eigenvalue weighted by Crippen LogP contribution is -2.37. The maximum atomic E-state index is 11.6. The van der Waals surface area contributed by atoms with Crippen LogP contribution in [0, 0.1) is 6.92 Å². The van der Waals surface area contributed by atoms with Gasteiger partial charge in [-0.3, -0.25) is 4.79 Å². The molecule has 0 fully saturated rings. The van der Waals surface area contributed by atoms with Gasteiger partial charge in [-0.05, 0) is 38.5 Å². The molecule has 0 saturated carbocycles. The van der Waals surface area contributed by atoms with Gasteiger partial charge >= 0.3 is 5.97 Å². The van der Waals surface area contributed by atoms with E-state index in [1.54, 1.807) is 13.8 Å². The minimum absolute atomic E-state index is 0.0322. The fourth-order valence-electron chi connectivity index (χ4n) is 1.97. The van der Waals surface area contributed by atoms with E-state index < -0.39 is 5.72 Å². The summed E-state index contributed by atoms with van der Waals surface area (Å²) < 4.78 is 10.7. The first-order chi connectivity index (χ1) is 8.93. The summed E-state index contributed by atoms with van der Waals surface area (Å²) in [4.78, 5) is 15.9. The number of fused-ring (bicyclic) bond motifs is 1. The van der Waals surface area contributed by atoms with Crippen LogP contribution in [0.2, 0.25) is 0 Å². The summed E-state index contributed by atoms with van der Waals surface area (Å²) in [7, 11) is 0. The zero-order valence-corrected chi connectivity index (χ0v) is 12.0. The van der Waals surface area contributed by atoms with Gasteiger partial charge in [0.15, 0.2) is 0 Å². The third-order valence-electron chi connectivity index (χ3n) is 2.80. The molecule has 1 aromatic carbocycles. The maximum absolute atomic E-state index is 11.6. The molecule has 19 heavy (non-hydrogen) atoms. The Labute approximate surface area is 117 Å². The maximum Gasteiger partial charge on any atom is 0.311 e. The molecule has 0 amide bonds. The Morgan fingerprint density at radius 2 is 2.26 bits per heavy atom. The molecule has 4 nitrogen and oxygen atoms in total. The number of rotatable bonds is 3. The number of hydrogen-bond donors (Lipinski definition) is 0. The molecular formula is C14H16ClNO3. The fourth-order valence-corrected chi connectivity index (χ4v) is 2.30. The van der Waals surface area contributed by atoms with Crippen LogP contribution in [0.25, 0.3) is 0 Å². The molecule has 0 saturated heterocycles. The molecule has 102 valence electrons. The Morgan fingerprint density at radius 1 is 1.53 bits per heavy atom. The van der Waals surface area contributed by atoms with Crippen LogP contribution in [0.5, 0.6) is 5.75 Å². The van der Waals surface area contributed by atoms with E-state index in [1.807, 2.05) is 25.1 Å². The first kappa shape index (κ1) is 13.9. The van der Waals surface area contributed by atoms with Gasteiger partial charge in [-0.2, -0.15) is 0 Å². The van der Waals surface area contributed by atoms with Crippen molar-refractivity contribution in [2.24, 2.45) is 4.99 Å². The monoisotopic (exact) mass is 281 g/mol. The second-order valence-electron chi connectivity index (χ2n) is 4.66. The van der Waals surface area contributed by atoms with E-state index in [0.29, 0.717) is 17.5 Å². The molecule has 0 aromatic heterocycles. The minimum Gasteiger partial charge on any atom is -0.466 e. The summed E-state index contributed by atoms with van der Waals surface area (Å²) >= 11 is 6.16. The molecule has 1 unspecified atom stereocenters. The lowest BCUT2D eigenvalue weighted by Gasteiger charge is -2.31. The van der Waals surface area contributed by atoms with Crippen molar-refractivity contribution in [2.75, 3.05) is 6.61 Å². The standard InChI is InChI=1S/C14H16ClNO3/c1-4-18-12(17)8-14(3)16-13(15)10-6-5-9(2)7-11(10)19-14/h5-7H,4,8H2,1-3H3. The zero-order chi connectivity index (χ0) is 14.0. The molecule has 1 aromatic rings. The van der Waals surface area contributed by atoms with Gasteiger partial charge in [0.05, 0.1) is 12.2 Å². The first-order valence-electron chi connectivity index (χ1n) is 6.14. The highest BCUT2D eigenvalue weighted by molar-refractivity contribution is 6.70. The van der Waals surface area contributed by atoms with Gasteiger partial charge < -0.3 is 9.47 Å². The number of benzene rings is 1. The van der Waals surface area contributed by atoms with Gasteiger partial charge in [0.1, 0.15) is 17.3 Å². The van der Waals surface area contributed by atoms with Gasteiger partial charge in [0.2, 0.25) is 5.72 Å². The number of aryl methyl sites for hydroxylation is 1. The Morgan fingerprint density at radius 3 is 2.95 bits per heavy atom. The second kappa shape index (κ2) is 5.21. The van der Waals surface area contributed by atoms with Crippen molar-refractivity contribution >= 4 is 22.7 Å². The number of halogens is 1. The number of esters is 1. The lowest BCUT2D eigenvalue weighted by molar-refractivity contribution is -0.147. The number of hydrogen-bond acceptors (Lipinski definition) is 4. The summed E-state index contributed by atoms with van der Waals surface area (Å²) in [5.74, 6) is 0.293. The Hall–Kier alpha value is -1.55. The molecule has 0 bridgehead atoms. The Balaban J connectivity index is 2.28. The summed E-state index contributed by atoms with van der Waals surface area (Å²) in [6, 6.07) is 5.68. The van der Waals surface area contributed by atoms with Crippen LogP contribution in [-0.4, -0.2) is 23.5 Å². The largest absolute Gasteiger partial charge is 0.466 e. The fraction of sp³-hybridized carbons (Fsp3) is 0.429. The molecule has 2 rings (SSSR count). The van der Waals surface area contributed by atoms with Gasteiger partial charge in [-0.1, -0.05) is 17.7 Å². The molecule has 0 radical (unpaired) electrons. The normalized spacial score (nSPS) is 21.2. The van der Waals surface area contributed by atoms with Crippen molar-refractivity contribution < 1.29 is 14.3 Å². The number of aliphatic imine (C=N–C) groups is 1.